The van der Waals surface area contributed by atoms with E-state index in [-0.39, 0.29) is 5.60 Å². The first-order valence-corrected chi connectivity index (χ1v) is 6.86. The molecule has 2 aromatic rings. The summed E-state index contributed by atoms with van der Waals surface area (Å²) in [6.07, 6.45) is 3.66. The molecule has 5 heteroatoms. The molecule has 0 amide bonds. The maximum absolute atomic E-state index is 5.86. The molecule has 1 saturated heterocycles. The fraction of sp³-hybridized carbons (Fsp3) is 0.467. The van der Waals surface area contributed by atoms with E-state index in [9.17, 15) is 0 Å². The van der Waals surface area contributed by atoms with Gasteiger partial charge in [0.15, 0.2) is 5.82 Å². The second kappa shape index (κ2) is 5.25. The van der Waals surface area contributed by atoms with Crippen molar-refractivity contribution in [2.75, 3.05) is 13.7 Å². The predicted octanol–water partition coefficient (Wildman–Crippen LogP) is 2.36. The summed E-state index contributed by atoms with van der Waals surface area (Å²) in [6.45, 7) is 3.56. The Balaban J connectivity index is 1.86. The molecule has 1 aliphatic heterocycles. The van der Waals surface area contributed by atoms with Crippen molar-refractivity contribution in [3.63, 3.8) is 0 Å². The molecule has 0 aliphatic carbocycles. The van der Waals surface area contributed by atoms with Crippen LogP contribution in [0.3, 0.4) is 0 Å². The van der Waals surface area contributed by atoms with Crippen LogP contribution in [0.15, 0.2) is 30.6 Å². The Morgan fingerprint density at radius 1 is 1.45 bits per heavy atom. The molecule has 20 heavy (non-hydrogen) atoms. The van der Waals surface area contributed by atoms with E-state index in [0.29, 0.717) is 6.54 Å². The van der Waals surface area contributed by atoms with Crippen molar-refractivity contribution >= 4 is 0 Å². The molecule has 1 aromatic heterocycles. The van der Waals surface area contributed by atoms with Gasteiger partial charge in [-0.15, -0.1) is 0 Å². The highest BCUT2D eigenvalue weighted by atomic mass is 16.5. The first kappa shape index (κ1) is 13.1. The Morgan fingerprint density at radius 3 is 3.10 bits per heavy atom. The van der Waals surface area contributed by atoms with Crippen molar-refractivity contribution < 1.29 is 9.47 Å². The molecule has 0 saturated carbocycles. The van der Waals surface area contributed by atoms with E-state index in [1.54, 1.807) is 13.4 Å². The molecule has 5 nitrogen and oxygen atoms in total. The van der Waals surface area contributed by atoms with Gasteiger partial charge in [-0.25, -0.2) is 9.67 Å². The zero-order chi connectivity index (χ0) is 14.0. The third kappa shape index (κ3) is 2.41. The van der Waals surface area contributed by atoms with Gasteiger partial charge in [0.2, 0.25) is 0 Å². The van der Waals surface area contributed by atoms with Crippen molar-refractivity contribution in [3.8, 4) is 5.75 Å². The van der Waals surface area contributed by atoms with E-state index >= 15 is 0 Å². The molecular weight excluding hydrogens is 254 g/mol. The van der Waals surface area contributed by atoms with Gasteiger partial charge in [-0.1, -0.05) is 12.1 Å². The van der Waals surface area contributed by atoms with Crippen LogP contribution in [0.2, 0.25) is 0 Å². The molecule has 0 unspecified atom stereocenters. The van der Waals surface area contributed by atoms with Gasteiger partial charge in [-0.2, -0.15) is 5.10 Å². The second-order valence-electron chi connectivity index (χ2n) is 5.28. The summed E-state index contributed by atoms with van der Waals surface area (Å²) >= 11 is 0. The van der Waals surface area contributed by atoms with Crippen LogP contribution < -0.4 is 4.74 Å². The number of hydrogen-bond donors (Lipinski definition) is 0. The van der Waals surface area contributed by atoms with Crippen LogP contribution in [0, 0.1) is 0 Å². The van der Waals surface area contributed by atoms with Gasteiger partial charge in [-0.3, -0.25) is 0 Å². The molecule has 0 bridgehead atoms. The third-order valence-corrected chi connectivity index (χ3v) is 3.77. The van der Waals surface area contributed by atoms with E-state index in [1.807, 2.05) is 22.9 Å². The number of nitrogens with zero attached hydrogens (tertiary/aromatic N) is 3. The molecule has 1 atom stereocenters. The van der Waals surface area contributed by atoms with E-state index < -0.39 is 0 Å². The predicted molar refractivity (Wildman–Crippen MR) is 74.7 cm³/mol. The summed E-state index contributed by atoms with van der Waals surface area (Å²) in [5.41, 5.74) is 0.827. The topological polar surface area (TPSA) is 49.2 Å². The Hall–Kier alpha value is -1.88. The minimum absolute atomic E-state index is 0.310. The zero-order valence-electron chi connectivity index (χ0n) is 11.9. The van der Waals surface area contributed by atoms with Crippen LogP contribution in [-0.2, 0) is 16.9 Å². The second-order valence-corrected chi connectivity index (χ2v) is 5.28. The minimum Gasteiger partial charge on any atom is -0.497 e. The van der Waals surface area contributed by atoms with Gasteiger partial charge in [0.25, 0.3) is 0 Å². The van der Waals surface area contributed by atoms with Gasteiger partial charge in [-0.05, 0) is 37.5 Å². The van der Waals surface area contributed by atoms with E-state index in [4.69, 9.17) is 9.47 Å². The van der Waals surface area contributed by atoms with Crippen LogP contribution in [0.5, 0.6) is 5.75 Å². The summed E-state index contributed by atoms with van der Waals surface area (Å²) in [4.78, 5) is 4.40. The SMILES string of the molecule is COc1cccc(Cn2ncnc2[C@]2(C)CCCO2)c1. The van der Waals surface area contributed by atoms with Crippen LogP contribution >= 0.6 is 0 Å². The summed E-state index contributed by atoms with van der Waals surface area (Å²) in [6, 6.07) is 8.00. The maximum Gasteiger partial charge on any atom is 0.159 e. The fourth-order valence-corrected chi connectivity index (χ4v) is 2.69. The summed E-state index contributed by atoms with van der Waals surface area (Å²) < 4.78 is 13.0. The summed E-state index contributed by atoms with van der Waals surface area (Å²) in [7, 11) is 1.67. The first-order valence-electron chi connectivity index (χ1n) is 6.86. The van der Waals surface area contributed by atoms with Gasteiger partial charge >= 0.3 is 0 Å². The van der Waals surface area contributed by atoms with Gasteiger partial charge in [0, 0.05) is 6.61 Å². The lowest BCUT2D eigenvalue weighted by molar-refractivity contribution is 0.00600. The molecule has 1 aromatic carbocycles. The van der Waals surface area contributed by atoms with E-state index in [1.165, 1.54) is 0 Å². The van der Waals surface area contributed by atoms with Crippen molar-refractivity contribution in [1.82, 2.24) is 14.8 Å². The van der Waals surface area contributed by atoms with E-state index in [2.05, 4.69) is 23.1 Å². The van der Waals surface area contributed by atoms with Gasteiger partial charge in [0.1, 0.15) is 17.7 Å². The van der Waals surface area contributed by atoms with Crippen LogP contribution in [0.4, 0.5) is 0 Å². The quantitative estimate of drug-likeness (QED) is 0.858. The van der Waals surface area contributed by atoms with Crippen molar-refractivity contribution in [2.24, 2.45) is 0 Å². The van der Waals surface area contributed by atoms with Gasteiger partial charge in [0.05, 0.1) is 13.7 Å². The molecule has 0 N–H and O–H groups in total. The molecule has 1 aliphatic rings. The smallest absolute Gasteiger partial charge is 0.159 e. The number of rotatable bonds is 4. The zero-order valence-corrected chi connectivity index (χ0v) is 11.9. The highest BCUT2D eigenvalue weighted by Gasteiger charge is 2.36. The average molecular weight is 273 g/mol. The Bertz CT molecular complexity index is 588. The minimum atomic E-state index is -0.310. The lowest BCUT2D eigenvalue weighted by Gasteiger charge is -2.22. The summed E-state index contributed by atoms with van der Waals surface area (Å²) in [5.74, 6) is 1.75. The largest absolute Gasteiger partial charge is 0.497 e. The monoisotopic (exact) mass is 273 g/mol. The van der Waals surface area contributed by atoms with Crippen LogP contribution in [0.25, 0.3) is 0 Å². The highest BCUT2D eigenvalue weighted by molar-refractivity contribution is 5.28. The number of ether oxygens (including phenoxy) is 2. The Labute approximate surface area is 118 Å². The highest BCUT2D eigenvalue weighted by Crippen LogP contribution is 2.34. The first-order chi connectivity index (χ1) is 9.71. The van der Waals surface area contributed by atoms with Crippen LogP contribution in [0.1, 0.15) is 31.2 Å². The maximum atomic E-state index is 5.86. The van der Waals surface area contributed by atoms with Crippen molar-refractivity contribution in [3.05, 3.63) is 42.0 Å². The average Bonchev–Trinajstić information content (AvgIpc) is 3.09. The Morgan fingerprint density at radius 2 is 2.35 bits per heavy atom. The normalized spacial score (nSPS) is 22.1. The number of aromatic nitrogens is 3. The lowest BCUT2D eigenvalue weighted by Crippen LogP contribution is -2.26. The van der Waals surface area contributed by atoms with Crippen molar-refractivity contribution in [1.29, 1.82) is 0 Å². The molecule has 0 radical (unpaired) electrons. The number of methoxy groups -OCH3 is 1. The number of benzene rings is 1. The standard InChI is InChI=1S/C15H19N3O2/c1-15(7-4-8-20-15)14-16-11-17-18(14)10-12-5-3-6-13(9-12)19-2/h3,5-6,9,11H,4,7-8,10H2,1-2H3/t15-/m0/s1. The van der Waals surface area contributed by atoms with E-state index in [0.717, 1.165) is 36.6 Å². The van der Waals surface area contributed by atoms with Crippen molar-refractivity contribution in [2.45, 2.75) is 31.9 Å². The molecule has 106 valence electrons. The summed E-state index contributed by atoms with van der Waals surface area (Å²) in [5, 5.41) is 4.34. The molecular formula is C15H19N3O2. The fourth-order valence-electron chi connectivity index (χ4n) is 2.69. The lowest BCUT2D eigenvalue weighted by atomic mass is 10.0. The van der Waals surface area contributed by atoms with Gasteiger partial charge < -0.3 is 9.47 Å². The third-order valence-electron chi connectivity index (χ3n) is 3.77. The van der Waals surface area contributed by atoms with Crippen LogP contribution in [-0.4, -0.2) is 28.5 Å². The number of hydrogen-bond acceptors (Lipinski definition) is 4. The molecule has 0 spiro atoms. The Kier molecular flexibility index (Phi) is 3.44. The molecule has 2 heterocycles. The molecule has 3 rings (SSSR count). The molecule has 1 fully saturated rings.